The number of rotatable bonds is 3. The Labute approximate surface area is 77.8 Å². The summed E-state index contributed by atoms with van der Waals surface area (Å²) in [5.74, 6) is -0.587. The summed E-state index contributed by atoms with van der Waals surface area (Å²) in [6.45, 7) is 2.98. The van der Waals surface area contributed by atoms with Gasteiger partial charge in [-0.25, -0.2) is 4.79 Å². The largest absolute Gasteiger partial charge is 0.367 e. The molecule has 0 unspecified atom stereocenters. The number of nitrogens with zero attached hydrogens (tertiary/aromatic N) is 1. The average molecular weight is 185 g/mol. The lowest BCUT2D eigenvalue weighted by atomic mass is 10.2. The molecule has 0 spiro atoms. The van der Waals surface area contributed by atoms with Crippen molar-refractivity contribution in [1.29, 1.82) is 0 Å². The second-order valence-electron chi connectivity index (χ2n) is 3.33. The van der Waals surface area contributed by atoms with Crippen molar-refractivity contribution in [3.63, 3.8) is 0 Å². The van der Waals surface area contributed by atoms with Gasteiger partial charge in [0.2, 0.25) is 0 Å². The van der Waals surface area contributed by atoms with Crippen molar-refractivity contribution in [2.45, 2.75) is 32.6 Å². The third-order valence-electron chi connectivity index (χ3n) is 1.94. The highest BCUT2D eigenvalue weighted by Gasteiger charge is 2.15. The van der Waals surface area contributed by atoms with Crippen LogP contribution in [0.15, 0.2) is 0 Å². The standard InChI is InChI=1S/C9H15NO3/c1-8(11)7-9(12)13-10-5-3-2-4-6-10/h2-7H2,1H3. The molecule has 0 aliphatic carbocycles. The van der Waals surface area contributed by atoms with E-state index in [9.17, 15) is 9.59 Å². The Morgan fingerprint density at radius 1 is 1.23 bits per heavy atom. The van der Waals surface area contributed by atoms with Crippen LogP contribution in [0.4, 0.5) is 0 Å². The van der Waals surface area contributed by atoms with E-state index >= 15 is 0 Å². The fourth-order valence-electron chi connectivity index (χ4n) is 1.34. The van der Waals surface area contributed by atoms with Gasteiger partial charge >= 0.3 is 5.97 Å². The maximum atomic E-state index is 11.0. The molecule has 0 aromatic rings. The molecule has 1 aliphatic rings. The maximum absolute atomic E-state index is 11.0. The summed E-state index contributed by atoms with van der Waals surface area (Å²) in [7, 11) is 0. The second kappa shape index (κ2) is 4.97. The highest BCUT2D eigenvalue weighted by Crippen LogP contribution is 2.09. The van der Waals surface area contributed by atoms with Crippen LogP contribution in [0.5, 0.6) is 0 Å². The zero-order chi connectivity index (χ0) is 9.68. The zero-order valence-electron chi connectivity index (χ0n) is 7.91. The number of carbonyl (C=O) groups excluding carboxylic acids is 2. The monoisotopic (exact) mass is 185 g/mol. The number of hydrogen-bond acceptors (Lipinski definition) is 4. The number of hydrogen-bond donors (Lipinski definition) is 0. The number of Topliss-reactive ketones (excluding diaryl/α,β-unsaturated/α-hetero) is 1. The molecule has 1 rings (SSSR count). The molecule has 0 saturated carbocycles. The molecule has 0 bridgehead atoms. The van der Waals surface area contributed by atoms with Gasteiger partial charge in [-0.3, -0.25) is 4.79 Å². The molecule has 0 N–H and O–H groups in total. The van der Waals surface area contributed by atoms with Gasteiger partial charge in [0, 0.05) is 13.1 Å². The first-order valence-electron chi connectivity index (χ1n) is 4.63. The fraction of sp³-hybridized carbons (Fsp3) is 0.778. The molecular weight excluding hydrogens is 170 g/mol. The van der Waals surface area contributed by atoms with Crippen molar-refractivity contribution >= 4 is 11.8 Å². The highest BCUT2D eigenvalue weighted by atomic mass is 16.7. The summed E-state index contributed by atoms with van der Waals surface area (Å²) in [5, 5.41) is 1.65. The van der Waals surface area contributed by atoms with Gasteiger partial charge in [-0.15, -0.1) is 5.06 Å². The number of piperidine rings is 1. The number of hydroxylamine groups is 2. The van der Waals surface area contributed by atoms with Gasteiger partial charge in [-0.1, -0.05) is 6.42 Å². The summed E-state index contributed by atoms with van der Waals surface area (Å²) in [6.07, 6.45) is 3.21. The van der Waals surface area contributed by atoms with Crippen LogP contribution in [-0.4, -0.2) is 29.9 Å². The Bertz CT molecular complexity index is 197. The molecule has 74 valence electrons. The molecule has 1 aliphatic heterocycles. The predicted molar refractivity (Wildman–Crippen MR) is 46.8 cm³/mol. The molecule has 1 fully saturated rings. The smallest absolute Gasteiger partial charge is 0.332 e. The SMILES string of the molecule is CC(=O)CC(=O)ON1CCCCC1. The average Bonchev–Trinajstić information content (AvgIpc) is 2.04. The van der Waals surface area contributed by atoms with E-state index in [4.69, 9.17) is 4.84 Å². The van der Waals surface area contributed by atoms with Gasteiger partial charge in [-0.05, 0) is 19.8 Å². The van der Waals surface area contributed by atoms with Crippen LogP contribution in [0.2, 0.25) is 0 Å². The summed E-state index contributed by atoms with van der Waals surface area (Å²) in [6, 6.07) is 0. The highest BCUT2D eigenvalue weighted by molar-refractivity contribution is 5.93. The molecule has 0 atom stereocenters. The number of ketones is 1. The van der Waals surface area contributed by atoms with Crippen LogP contribution < -0.4 is 0 Å². The third-order valence-corrected chi connectivity index (χ3v) is 1.94. The molecule has 4 heteroatoms. The van der Waals surface area contributed by atoms with Gasteiger partial charge < -0.3 is 4.84 Å². The first-order valence-corrected chi connectivity index (χ1v) is 4.63. The predicted octanol–water partition coefficient (Wildman–Crippen LogP) is 0.910. The van der Waals surface area contributed by atoms with Crippen molar-refractivity contribution in [3.8, 4) is 0 Å². The van der Waals surface area contributed by atoms with Crippen molar-refractivity contribution in [2.75, 3.05) is 13.1 Å². The first-order chi connectivity index (χ1) is 6.18. The zero-order valence-corrected chi connectivity index (χ0v) is 7.91. The van der Waals surface area contributed by atoms with E-state index in [1.165, 1.54) is 13.3 Å². The first kappa shape index (κ1) is 10.2. The summed E-state index contributed by atoms with van der Waals surface area (Å²) in [4.78, 5) is 26.6. The van der Waals surface area contributed by atoms with E-state index in [2.05, 4.69) is 0 Å². The molecule has 1 heterocycles. The topological polar surface area (TPSA) is 46.6 Å². The van der Waals surface area contributed by atoms with Crippen LogP contribution in [0.3, 0.4) is 0 Å². The fourth-order valence-corrected chi connectivity index (χ4v) is 1.34. The summed E-state index contributed by atoms with van der Waals surface area (Å²) < 4.78 is 0. The minimum absolute atomic E-state index is 0.115. The Hall–Kier alpha value is -0.900. The van der Waals surface area contributed by atoms with E-state index < -0.39 is 5.97 Å². The van der Waals surface area contributed by atoms with Gasteiger partial charge in [0.1, 0.15) is 12.2 Å². The van der Waals surface area contributed by atoms with Crippen LogP contribution in [-0.2, 0) is 14.4 Å². The van der Waals surface area contributed by atoms with Crippen LogP contribution in [0, 0.1) is 0 Å². The van der Waals surface area contributed by atoms with E-state index in [1.807, 2.05) is 0 Å². The van der Waals surface area contributed by atoms with Crippen molar-refractivity contribution in [1.82, 2.24) is 5.06 Å². The van der Waals surface area contributed by atoms with Crippen LogP contribution in [0.25, 0.3) is 0 Å². The van der Waals surface area contributed by atoms with Crippen LogP contribution in [0.1, 0.15) is 32.6 Å². The lowest BCUT2D eigenvalue weighted by Crippen LogP contribution is -2.32. The van der Waals surface area contributed by atoms with Gasteiger partial charge in [0.05, 0.1) is 0 Å². The Balaban J connectivity index is 2.22. The normalized spacial score (nSPS) is 18.2. The van der Waals surface area contributed by atoms with E-state index in [1.54, 1.807) is 5.06 Å². The van der Waals surface area contributed by atoms with Crippen LogP contribution >= 0.6 is 0 Å². The molecule has 4 nitrogen and oxygen atoms in total. The van der Waals surface area contributed by atoms with Gasteiger partial charge in [0.25, 0.3) is 0 Å². The summed E-state index contributed by atoms with van der Waals surface area (Å²) in [5.41, 5.74) is 0. The van der Waals surface area contributed by atoms with E-state index in [0.717, 1.165) is 25.9 Å². The van der Waals surface area contributed by atoms with E-state index in [-0.39, 0.29) is 12.2 Å². The molecule has 1 saturated heterocycles. The Morgan fingerprint density at radius 2 is 1.85 bits per heavy atom. The molecular formula is C9H15NO3. The lowest BCUT2D eigenvalue weighted by Gasteiger charge is -2.24. The van der Waals surface area contributed by atoms with Crippen molar-refractivity contribution in [2.24, 2.45) is 0 Å². The molecule has 0 aromatic carbocycles. The van der Waals surface area contributed by atoms with Crippen molar-refractivity contribution in [3.05, 3.63) is 0 Å². The van der Waals surface area contributed by atoms with Gasteiger partial charge in [0.15, 0.2) is 0 Å². The second-order valence-corrected chi connectivity index (χ2v) is 3.33. The van der Waals surface area contributed by atoms with E-state index in [0.29, 0.717) is 0 Å². The quantitative estimate of drug-likeness (QED) is 0.613. The van der Waals surface area contributed by atoms with Crippen molar-refractivity contribution < 1.29 is 14.4 Å². The molecule has 13 heavy (non-hydrogen) atoms. The third kappa shape index (κ3) is 4.03. The molecule has 0 radical (unpaired) electrons. The summed E-state index contributed by atoms with van der Waals surface area (Å²) >= 11 is 0. The lowest BCUT2D eigenvalue weighted by molar-refractivity contribution is -0.194. The Morgan fingerprint density at radius 3 is 2.38 bits per heavy atom. The molecule has 0 aromatic heterocycles. The number of carbonyl (C=O) groups is 2. The molecule has 0 amide bonds. The maximum Gasteiger partial charge on any atom is 0.332 e. The minimum atomic E-state index is -0.436. The van der Waals surface area contributed by atoms with Gasteiger partial charge in [-0.2, -0.15) is 0 Å². The minimum Gasteiger partial charge on any atom is -0.367 e. The Kier molecular flexibility index (Phi) is 3.89.